The van der Waals surface area contributed by atoms with Crippen LogP contribution in [0.1, 0.15) is 56.9 Å². The fraction of sp³-hybridized carbons (Fsp3) is 0.476. The molecule has 0 aliphatic rings. The van der Waals surface area contributed by atoms with Crippen LogP contribution in [0.15, 0.2) is 29.1 Å². The van der Waals surface area contributed by atoms with Crippen molar-refractivity contribution in [3.8, 4) is 0 Å². The van der Waals surface area contributed by atoms with Crippen LogP contribution in [0.25, 0.3) is 10.9 Å². The Bertz CT molecular complexity index is 1100. The summed E-state index contributed by atoms with van der Waals surface area (Å²) in [5, 5.41) is 13.2. The van der Waals surface area contributed by atoms with Gasteiger partial charge >= 0.3 is 0 Å². The molecule has 2 N–H and O–H groups in total. The van der Waals surface area contributed by atoms with Gasteiger partial charge in [-0.2, -0.15) is 0 Å². The van der Waals surface area contributed by atoms with Crippen molar-refractivity contribution in [1.29, 1.82) is 0 Å². The first-order chi connectivity index (χ1) is 14.6. The monoisotopic (exact) mass is 445 g/mol. The third kappa shape index (κ3) is 6.06. The number of nitrogens with zero attached hydrogens (tertiary/aromatic N) is 3. The van der Waals surface area contributed by atoms with Crippen molar-refractivity contribution in [2.45, 2.75) is 64.8 Å². The van der Waals surface area contributed by atoms with Crippen LogP contribution in [0, 0.1) is 4.77 Å². The van der Waals surface area contributed by atoms with Crippen LogP contribution in [0.2, 0.25) is 0 Å². The number of fused-ring (bicyclic) bond motifs is 1. The number of unbranched alkanes of at least 4 members (excludes halogenated alkanes) is 4. The second-order valence-electron chi connectivity index (χ2n) is 7.25. The number of carbonyl (C=O) groups is 1. The van der Waals surface area contributed by atoms with Gasteiger partial charge in [0.15, 0.2) is 4.77 Å². The first-order valence-corrected chi connectivity index (χ1v) is 11.6. The second kappa shape index (κ2) is 11.1. The summed E-state index contributed by atoms with van der Waals surface area (Å²) in [7, 11) is 0. The molecule has 7 nitrogen and oxygen atoms in total. The van der Waals surface area contributed by atoms with Crippen molar-refractivity contribution >= 4 is 45.5 Å². The number of aryl methyl sites for hydroxylation is 1. The van der Waals surface area contributed by atoms with Gasteiger partial charge in [0.1, 0.15) is 5.01 Å². The van der Waals surface area contributed by atoms with Gasteiger partial charge in [-0.1, -0.05) is 49.7 Å². The van der Waals surface area contributed by atoms with E-state index in [4.69, 9.17) is 12.2 Å². The van der Waals surface area contributed by atoms with Crippen molar-refractivity contribution in [2.75, 3.05) is 5.32 Å². The summed E-state index contributed by atoms with van der Waals surface area (Å²) in [6.07, 6.45) is 7.14. The summed E-state index contributed by atoms with van der Waals surface area (Å²) < 4.78 is 2.03. The van der Waals surface area contributed by atoms with Crippen LogP contribution in [-0.2, 0) is 17.8 Å². The zero-order valence-corrected chi connectivity index (χ0v) is 18.8. The number of amides is 1. The number of hydrogen-bond donors (Lipinski definition) is 2. The highest BCUT2D eigenvalue weighted by molar-refractivity contribution is 7.71. The Hall–Kier alpha value is -2.39. The topological polar surface area (TPSA) is 92.7 Å². The molecule has 3 aromatic rings. The first kappa shape index (κ1) is 22.3. The molecule has 3 rings (SSSR count). The van der Waals surface area contributed by atoms with Gasteiger partial charge in [0.05, 0.1) is 10.9 Å². The molecule has 2 aromatic heterocycles. The number of para-hydroxylation sites is 1. The van der Waals surface area contributed by atoms with Gasteiger partial charge in [-0.3, -0.25) is 14.2 Å². The number of benzene rings is 1. The van der Waals surface area contributed by atoms with E-state index in [1.807, 2.05) is 18.2 Å². The lowest BCUT2D eigenvalue weighted by molar-refractivity contribution is -0.116. The maximum Gasteiger partial charge on any atom is 0.262 e. The number of hydrogen-bond acceptors (Lipinski definition) is 6. The molecule has 0 saturated carbocycles. The van der Waals surface area contributed by atoms with E-state index in [2.05, 4.69) is 27.4 Å². The molecule has 0 saturated heterocycles. The molecule has 0 atom stereocenters. The lowest BCUT2D eigenvalue weighted by Crippen LogP contribution is -2.22. The number of H-pyrrole nitrogens is 1. The minimum Gasteiger partial charge on any atom is -0.332 e. The van der Waals surface area contributed by atoms with E-state index < -0.39 is 0 Å². The van der Waals surface area contributed by atoms with Gasteiger partial charge in [0, 0.05) is 19.4 Å². The molecule has 30 heavy (non-hydrogen) atoms. The third-order valence-electron chi connectivity index (χ3n) is 4.88. The predicted octanol–water partition coefficient (Wildman–Crippen LogP) is 4.84. The van der Waals surface area contributed by atoms with Gasteiger partial charge in [0.25, 0.3) is 5.56 Å². The first-order valence-electron chi connectivity index (χ1n) is 10.4. The molecule has 160 valence electrons. The zero-order valence-electron chi connectivity index (χ0n) is 17.1. The molecule has 0 spiro atoms. The van der Waals surface area contributed by atoms with Gasteiger partial charge in [-0.25, -0.2) is 0 Å². The number of nitrogens with one attached hydrogen (secondary N) is 2. The molecule has 1 aromatic carbocycles. The van der Waals surface area contributed by atoms with Crippen LogP contribution >= 0.6 is 23.6 Å². The largest absolute Gasteiger partial charge is 0.332 e. The normalized spacial score (nSPS) is 11.1. The van der Waals surface area contributed by atoms with E-state index in [1.54, 1.807) is 10.6 Å². The zero-order chi connectivity index (χ0) is 21.3. The fourth-order valence-electron chi connectivity index (χ4n) is 3.25. The summed E-state index contributed by atoms with van der Waals surface area (Å²) in [5.41, 5.74) is 0.684. The smallest absolute Gasteiger partial charge is 0.262 e. The van der Waals surface area contributed by atoms with Crippen molar-refractivity contribution in [3.05, 3.63) is 44.4 Å². The minimum absolute atomic E-state index is 0.0496. The van der Waals surface area contributed by atoms with E-state index >= 15 is 0 Å². The van der Waals surface area contributed by atoms with Crippen LogP contribution < -0.4 is 10.9 Å². The number of aromatic nitrogens is 4. The minimum atomic E-state index is -0.0712. The average Bonchev–Trinajstić information content (AvgIpc) is 3.17. The molecule has 0 aliphatic heterocycles. The predicted molar refractivity (Wildman–Crippen MR) is 124 cm³/mol. The molecule has 0 radical (unpaired) electrons. The van der Waals surface area contributed by atoms with E-state index in [1.165, 1.54) is 24.2 Å². The number of carbonyl (C=O) groups excluding carboxylic acids is 1. The second-order valence-corrected chi connectivity index (χ2v) is 8.70. The van der Waals surface area contributed by atoms with E-state index in [9.17, 15) is 9.59 Å². The van der Waals surface area contributed by atoms with Gasteiger partial charge in [0.2, 0.25) is 11.0 Å². The van der Waals surface area contributed by atoms with Crippen molar-refractivity contribution in [3.63, 3.8) is 0 Å². The Balaban J connectivity index is 1.41. The third-order valence-corrected chi connectivity index (χ3v) is 6.10. The molecule has 0 bridgehead atoms. The lowest BCUT2D eigenvalue weighted by atomic mass is 10.2. The summed E-state index contributed by atoms with van der Waals surface area (Å²) in [4.78, 5) is 27.8. The molecule has 1 amide bonds. The molecule has 0 unspecified atom stereocenters. The van der Waals surface area contributed by atoms with Crippen LogP contribution in [0.3, 0.4) is 0 Å². The van der Waals surface area contributed by atoms with E-state index in [0.717, 1.165) is 42.6 Å². The fourth-order valence-corrected chi connectivity index (χ4v) is 4.33. The Morgan fingerprint density at radius 2 is 2.00 bits per heavy atom. The summed E-state index contributed by atoms with van der Waals surface area (Å²) in [5.74, 6) is -0.0496. The molecule has 9 heteroatoms. The Morgan fingerprint density at radius 1 is 1.17 bits per heavy atom. The number of anilines is 1. The van der Waals surface area contributed by atoms with Crippen LogP contribution in [-0.4, -0.2) is 25.7 Å². The SMILES string of the molecule is CCCCCc1nnc(NC(=O)CCCCCn2c(=S)[nH]c3ccccc3c2=O)s1. The highest BCUT2D eigenvalue weighted by atomic mass is 32.1. The molecule has 2 heterocycles. The maximum atomic E-state index is 12.6. The van der Waals surface area contributed by atoms with Gasteiger partial charge < -0.3 is 10.3 Å². The highest BCUT2D eigenvalue weighted by Gasteiger charge is 2.09. The summed E-state index contributed by atoms with van der Waals surface area (Å²) in [6, 6.07) is 7.36. The van der Waals surface area contributed by atoms with Crippen LogP contribution in [0.4, 0.5) is 5.13 Å². The van der Waals surface area contributed by atoms with Gasteiger partial charge in [-0.15, -0.1) is 10.2 Å². The molecular formula is C21H27N5O2S2. The van der Waals surface area contributed by atoms with Gasteiger partial charge in [-0.05, 0) is 43.6 Å². The van der Waals surface area contributed by atoms with Crippen molar-refractivity contribution in [2.24, 2.45) is 0 Å². The number of aromatic amines is 1. The summed E-state index contributed by atoms with van der Waals surface area (Å²) >= 11 is 6.78. The van der Waals surface area contributed by atoms with Crippen LogP contribution in [0.5, 0.6) is 0 Å². The Kier molecular flexibility index (Phi) is 8.27. The quantitative estimate of drug-likeness (QED) is 0.325. The molecular weight excluding hydrogens is 418 g/mol. The Morgan fingerprint density at radius 3 is 2.83 bits per heavy atom. The van der Waals surface area contributed by atoms with E-state index in [-0.39, 0.29) is 11.5 Å². The maximum absolute atomic E-state index is 12.6. The van der Waals surface area contributed by atoms with E-state index in [0.29, 0.717) is 28.3 Å². The Labute approximate surface area is 184 Å². The average molecular weight is 446 g/mol. The summed E-state index contributed by atoms with van der Waals surface area (Å²) in [6.45, 7) is 2.71. The standard InChI is InChI=1S/C21H27N5O2S2/c1-2-3-5-13-18-24-25-20(30-18)23-17(27)12-6-4-9-14-26-19(28)15-10-7-8-11-16(15)22-21(26)29/h7-8,10-11H,2-6,9,12-14H2,1H3,(H,22,29)(H,23,25,27). The highest BCUT2D eigenvalue weighted by Crippen LogP contribution is 2.18. The number of rotatable bonds is 11. The molecule has 0 fully saturated rings. The lowest BCUT2D eigenvalue weighted by Gasteiger charge is -2.08. The molecule has 0 aliphatic carbocycles. The van der Waals surface area contributed by atoms with Crippen molar-refractivity contribution < 1.29 is 4.79 Å². The van der Waals surface area contributed by atoms with Crippen molar-refractivity contribution in [1.82, 2.24) is 19.7 Å².